The number of piperidine rings is 1. The quantitative estimate of drug-likeness (QED) is 0.873. The molecule has 0 radical (unpaired) electrons. The fraction of sp³-hybridized carbons (Fsp3) is 0.643. The van der Waals surface area contributed by atoms with Crippen LogP contribution in [0.2, 0.25) is 0 Å². The minimum Gasteiger partial charge on any atom is -0.450 e. The van der Waals surface area contributed by atoms with Crippen LogP contribution in [0, 0.1) is 5.92 Å². The summed E-state index contributed by atoms with van der Waals surface area (Å²) in [5.74, 6) is 0.389. The van der Waals surface area contributed by atoms with Gasteiger partial charge in [0.05, 0.1) is 12.6 Å². The first kappa shape index (κ1) is 15.1. The summed E-state index contributed by atoms with van der Waals surface area (Å²) in [5.41, 5.74) is 1.19. The van der Waals surface area contributed by atoms with E-state index in [2.05, 4.69) is 27.0 Å². The summed E-state index contributed by atoms with van der Waals surface area (Å²) >= 11 is 1.67. The van der Waals surface area contributed by atoms with E-state index in [1.54, 1.807) is 18.3 Å². The molecule has 2 unspecified atom stereocenters. The summed E-state index contributed by atoms with van der Waals surface area (Å²) in [6.07, 6.45) is 1.30. The first-order valence-corrected chi connectivity index (χ1v) is 7.98. The second-order valence-electron chi connectivity index (χ2n) is 5.06. The van der Waals surface area contributed by atoms with Crippen LogP contribution < -0.4 is 10.2 Å². The Labute approximate surface area is 123 Å². The zero-order chi connectivity index (χ0) is 14.4. The van der Waals surface area contributed by atoms with Crippen LogP contribution in [0.3, 0.4) is 0 Å². The zero-order valence-corrected chi connectivity index (χ0v) is 12.6. The van der Waals surface area contributed by atoms with Gasteiger partial charge in [0.1, 0.15) is 0 Å². The summed E-state index contributed by atoms with van der Waals surface area (Å²) in [4.78, 5) is 13.8. The van der Waals surface area contributed by atoms with E-state index in [1.165, 1.54) is 5.69 Å². The Morgan fingerprint density at radius 1 is 1.60 bits per heavy atom. The molecule has 0 bridgehead atoms. The number of thiophene rings is 1. The number of hydrogen-bond donors (Lipinski definition) is 2. The van der Waals surface area contributed by atoms with Gasteiger partial charge in [0, 0.05) is 30.8 Å². The molecule has 112 valence electrons. The molecule has 1 aliphatic rings. The second kappa shape index (κ2) is 7.50. The molecular formula is C14H22N2O3S. The summed E-state index contributed by atoms with van der Waals surface area (Å²) in [7, 11) is 0. The van der Waals surface area contributed by atoms with E-state index >= 15 is 0 Å². The van der Waals surface area contributed by atoms with E-state index < -0.39 is 0 Å². The highest BCUT2D eigenvalue weighted by Crippen LogP contribution is 2.26. The van der Waals surface area contributed by atoms with Gasteiger partial charge in [-0.05, 0) is 37.1 Å². The van der Waals surface area contributed by atoms with Crippen molar-refractivity contribution in [2.24, 2.45) is 5.92 Å². The van der Waals surface area contributed by atoms with E-state index in [0.717, 1.165) is 25.9 Å². The summed E-state index contributed by atoms with van der Waals surface area (Å²) in [6, 6.07) is 2.16. The maximum Gasteiger partial charge on any atom is 0.407 e. The molecule has 2 N–H and O–H groups in total. The number of aliphatic hydroxyl groups is 1. The van der Waals surface area contributed by atoms with Gasteiger partial charge in [0.2, 0.25) is 0 Å². The minimum atomic E-state index is -0.354. The Morgan fingerprint density at radius 2 is 2.45 bits per heavy atom. The maximum atomic E-state index is 11.6. The summed E-state index contributed by atoms with van der Waals surface area (Å²) < 4.78 is 4.95. The number of nitrogens with zero attached hydrogens (tertiary/aromatic N) is 1. The van der Waals surface area contributed by atoms with Crippen molar-refractivity contribution in [2.45, 2.75) is 25.8 Å². The van der Waals surface area contributed by atoms with Crippen LogP contribution in [0.15, 0.2) is 16.8 Å². The number of aliphatic hydroxyl groups excluding tert-OH is 1. The third-order valence-corrected chi connectivity index (χ3v) is 4.21. The van der Waals surface area contributed by atoms with E-state index in [1.807, 2.05) is 0 Å². The Balaban J connectivity index is 1.99. The average Bonchev–Trinajstić information content (AvgIpc) is 2.93. The van der Waals surface area contributed by atoms with Crippen molar-refractivity contribution in [3.05, 3.63) is 16.8 Å². The second-order valence-corrected chi connectivity index (χ2v) is 5.84. The number of anilines is 1. The van der Waals surface area contributed by atoms with Crippen molar-refractivity contribution in [3.63, 3.8) is 0 Å². The molecule has 1 saturated heterocycles. The highest BCUT2D eigenvalue weighted by molar-refractivity contribution is 7.08. The first-order chi connectivity index (χ1) is 9.72. The van der Waals surface area contributed by atoms with E-state index in [4.69, 9.17) is 9.84 Å². The van der Waals surface area contributed by atoms with Gasteiger partial charge in [-0.1, -0.05) is 0 Å². The van der Waals surface area contributed by atoms with Crippen molar-refractivity contribution in [2.75, 3.05) is 31.2 Å². The molecule has 1 aromatic heterocycles. The van der Waals surface area contributed by atoms with Crippen LogP contribution in [-0.2, 0) is 4.74 Å². The van der Waals surface area contributed by atoms with Gasteiger partial charge in [-0.15, -0.1) is 0 Å². The lowest BCUT2D eigenvalue weighted by Crippen LogP contribution is -2.51. The molecule has 0 aliphatic carbocycles. The normalized spacial score (nSPS) is 22.6. The maximum absolute atomic E-state index is 11.6. The molecule has 1 aliphatic heterocycles. The van der Waals surface area contributed by atoms with Crippen molar-refractivity contribution in [3.8, 4) is 0 Å². The van der Waals surface area contributed by atoms with Gasteiger partial charge < -0.3 is 20.1 Å². The molecule has 0 spiro atoms. The van der Waals surface area contributed by atoms with E-state index in [-0.39, 0.29) is 18.7 Å². The van der Waals surface area contributed by atoms with E-state index in [0.29, 0.717) is 12.5 Å². The molecule has 5 nitrogen and oxygen atoms in total. The third-order valence-electron chi connectivity index (χ3n) is 3.54. The highest BCUT2D eigenvalue weighted by Gasteiger charge is 2.28. The summed E-state index contributed by atoms with van der Waals surface area (Å²) in [6.45, 7) is 4.09. The molecule has 6 heteroatoms. The van der Waals surface area contributed by atoms with Gasteiger partial charge in [-0.25, -0.2) is 4.79 Å². The number of carbonyl (C=O) groups excluding carboxylic acids is 1. The van der Waals surface area contributed by atoms with Crippen molar-refractivity contribution >= 4 is 23.1 Å². The van der Waals surface area contributed by atoms with E-state index in [9.17, 15) is 4.79 Å². The average molecular weight is 298 g/mol. The molecule has 2 rings (SSSR count). The smallest absolute Gasteiger partial charge is 0.407 e. The van der Waals surface area contributed by atoms with Crippen molar-refractivity contribution in [1.82, 2.24) is 5.32 Å². The first-order valence-electron chi connectivity index (χ1n) is 7.04. The highest BCUT2D eigenvalue weighted by atomic mass is 32.1. The van der Waals surface area contributed by atoms with Crippen LogP contribution in [0.25, 0.3) is 0 Å². The Hall–Kier alpha value is -1.27. The predicted molar refractivity (Wildman–Crippen MR) is 80.3 cm³/mol. The zero-order valence-electron chi connectivity index (χ0n) is 11.7. The van der Waals surface area contributed by atoms with Gasteiger partial charge in [0.25, 0.3) is 0 Å². The number of hydrogen-bond acceptors (Lipinski definition) is 5. The molecule has 2 heterocycles. The lowest BCUT2D eigenvalue weighted by atomic mass is 9.91. The topological polar surface area (TPSA) is 61.8 Å². The molecule has 0 saturated carbocycles. The third kappa shape index (κ3) is 4.11. The molecule has 2 atom stereocenters. The fourth-order valence-electron chi connectivity index (χ4n) is 2.69. The predicted octanol–water partition coefficient (Wildman–Crippen LogP) is 2.07. The monoisotopic (exact) mass is 298 g/mol. The number of carbonyl (C=O) groups is 1. The molecule has 1 amide bonds. The van der Waals surface area contributed by atoms with Crippen molar-refractivity contribution in [1.29, 1.82) is 0 Å². The van der Waals surface area contributed by atoms with Gasteiger partial charge in [-0.2, -0.15) is 11.3 Å². The number of ether oxygens (including phenoxy) is 1. The minimum absolute atomic E-state index is 0.0687. The summed E-state index contributed by atoms with van der Waals surface area (Å²) in [5, 5.41) is 16.2. The van der Waals surface area contributed by atoms with Crippen LogP contribution in [-0.4, -0.2) is 43.5 Å². The van der Waals surface area contributed by atoms with Crippen LogP contribution in [0.4, 0.5) is 10.5 Å². The number of amides is 1. The van der Waals surface area contributed by atoms with Gasteiger partial charge >= 0.3 is 6.09 Å². The Kier molecular flexibility index (Phi) is 5.67. The molecular weight excluding hydrogens is 276 g/mol. The lowest BCUT2D eigenvalue weighted by molar-refractivity contribution is 0.143. The largest absolute Gasteiger partial charge is 0.450 e. The van der Waals surface area contributed by atoms with Gasteiger partial charge in [0.15, 0.2) is 0 Å². The molecule has 20 heavy (non-hydrogen) atoms. The van der Waals surface area contributed by atoms with Crippen molar-refractivity contribution < 1.29 is 14.6 Å². The number of nitrogens with one attached hydrogen (secondary N) is 1. The Morgan fingerprint density at radius 3 is 3.10 bits per heavy atom. The Bertz CT molecular complexity index is 411. The standard InChI is InChI=1S/C14H22N2O3S/c1-2-19-14(18)15-12-7-11(3-5-17)8-16(9-12)13-4-6-20-10-13/h4,6,10-12,17H,2-3,5,7-9H2,1H3,(H,15,18). The van der Waals surface area contributed by atoms with Gasteiger partial charge in [-0.3, -0.25) is 0 Å². The van der Waals surface area contributed by atoms with Crippen LogP contribution in [0.5, 0.6) is 0 Å². The number of alkyl carbamates (subject to hydrolysis) is 1. The molecule has 1 fully saturated rings. The van der Waals surface area contributed by atoms with Crippen LogP contribution >= 0.6 is 11.3 Å². The fourth-order valence-corrected chi connectivity index (χ4v) is 3.35. The number of rotatable bonds is 5. The van der Waals surface area contributed by atoms with Crippen LogP contribution in [0.1, 0.15) is 19.8 Å². The molecule has 1 aromatic rings. The molecule has 0 aromatic carbocycles. The SMILES string of the molecule is CCOC(=O)NC1CC(CCO)CN(c2ccsc2)C1. The lowest BCUT2D eigenvalue weighted by Gasteiger charge is -2.38.